The molecular formula is C3H6ClN2OPS. The minimum atomic E-state index is -2.91. The molecule has 9 heavy (non-hydrogen) atoms. The summed E-state index contributed by atoms with van der Waals surface area (Å²) in [5, 5.41) is 10.5. The lowest BCUT2D eigenvalue weighted by molar-refractivity contribution is 0.613. The summed E-state index contributed by atoms with van der Waals surface area (Å²) < 4.78 is 0. The van der Waals surface area contributed by atoms with E-state index in [0.717, 1.165) is 0 Å². The van der Waals surface area contributed by atoms with E-state index in [9.17, 15) is 0 Å². The van der Waals surface area contributed by atoms with Gasteiger partial charge < -0.3 is 4.89 Å². The maximum Gasteiger partial charge on any atom is 0.217 e. The number of rotatable bonds is 2. The van der Waals surface area contributed by atoms with Crippen LogP contribution in [0.5, 0.6) is 0 Å². The zero-order valence-electron chi connectivity index (χ0n) is 4.71. The first-order chi connectivity index (χ1) is 3.95. The molecule has 0 amide bonds. The van der Waals surface area contributed by atoms with E-state index in [1.54, 1.807) is 6.92 Å². The van der Waals surface area contributed by atoms with Gasteiger partial charge in [0, 0.05) is 0 Å². The predicted octanol–water partition coefficient (Wildman–Crippen LogP) is 0.944. The fraction of sp³-hybridized carbons (Fsp3) is 0.667. The lowest BCUT2D eigenvalue weighted by Crippen LogP contribution is -2.18. The molecule has 0 saturated carbocycles. The number of nitriles is 1. The largest absolute Gasteiger partial charge is 0.343 e. The van der Waals surface area contributed by atoms with Crippen molar-refractivity contribution >= 4 is 28.8 Å². The molecule has 0 aliphatic rings. The molecule has 0 bridgehead atoms. The van der Waals surface area contributed by atoms with Gasteiger partial charge in [0.1, 0.15) is 0 Å². The van der Waals surface area contributed by atoms with E-state index in [1.807, 2.05) is 6.07 Å². The Labute approximate surface area is 63.6 Å². The first-order valence-corrected chi connectivity index (χ1v) is 5.81. The predicted molar refractivity (Wildman–Crippen MR) is 40.6 cm³/mol. The van der Waals surface area contributed by atoms with Crippen LogP contribution in [0.15, 0.2) is 0 Å². The van der Waals surface area contributed by atoms with Crippen LogP contribution >= 0.6 is 17.0 Å². The molecule has 0 spiro atoms. The van der Waals surface area contributed by atoms with Gasteiger partial charge in [0.25, 0.3) is 0 Å². The minimum absolute atomic E-state index is 0.488. The van der Waals surface area contributed by atoms with Crippen LogP contribution in [-0.2, 0) is 11.8 Å². The molecule has 2 unspecified atom stereocenters. The molecule has 0 aromatic heterocycles. The summed E-state index contributed by atoms with van der Waals surface area (Å²) in [6.07, 6.45) is 0. The summed E-state index contributed by atoms with van der Waals surface area (Å²) in [5.41, 5.74) is 0. The quantitative estimate of drug-likeness (QED) is 0.628. The number of halogens is 1. The lowest BCUT2D eigenvalue weighted by atomic mass is 10.4. The SMILES string of the molecule is CC(C#N)NP(O)(=S)Cl. The third-order valence-electron chi connectivity index (χ3n) is 0.547. The standard InChI is InChI=1S/C3H6ClN2OPS/c1-3(2-5)6-8(4,7)9/h3H,1H3,(H2,6,7,9). The van der Waals surface area contributed by atoms with E-state index in [-0.39, 0.29) is 0 Å². The van der Waals surface area contributed by atoms with Crippen LogP contribution in [0.25, 0.3) is 0 Å². The Morgan fingerprint density at radius 2 is 2.44 bits per heavy atom. The Bertz CT molecular complexity index is 173. The van der Waals surface area contributed by atoms with Crippen molar-refractivity contribution < 1.29 is 4.89 Å². The van der Waals surface area contributed by atoms with Crippen molar-refractivity contribution in [2.24, 2.45) is 0 Å². The zero-order valence-corrected chi connectivity index (χ0v) is 7.17. The van der Waals surface area contributed by atoms with Crippen molar-refractivity contribution in [3.05, 3.63) is 0 Å². The van der Waals surface area contributed by atoms with Crippen LogP contribution in [-0.4, -0.2) is 10.9 Å². The van der Waals surface area contributed by atoms with Gasteiger partial charge in [-0.15, -0.1) is 0 Å². The summed E-state index contributed by atoms with van der Waals surface area (Å²) in [7, 11) is 0. The molecular weight excluding hydrogens is 179 g/mol. The van der Waals surface area contributed by atoms with E-state index < -0.39 is 11.8 Å². The van der Waals surface area contributed by atoms with Crippen molar-refractivity contribution in [2.75, 3.05) is 0 Å². The molecule has 52 valence electrons. The van der Waals surface area contributed by atoms with Crippen molar-refractivity contribution in [3.8, 4) is 6.07 Å². The summed E-state index contributed by atoms with van der Waals surface area (Å²) >= 11 is 9.62. The highest BCUT2D eigenvalue weighted by molar-refractivity contribution is 8.23. The van der Waals surface area contributed by atoms with Crippen LogP contribution in [0, 0.1) is 11.3 Å². The maximum absolute atomic E-state index is 8.75. The third kappa shape index (κ3) is 6.23. The van der Waals surface area contributed by atoms with Gasteiger partial charge >= 0.3 is 0 Å². The molecule has 0 heterocycles. The topological polar surface area (TPSA) is 56.0 Å². The monoisotopic (exact) mass is 184 g/mol. The average Bonchev–Trinajstić information content (AvgIpc) is 1.62. The zero-order chi connectivity index (χ0) is 7.49. The molecule has 6 heteroatoms. The van der Waals surface area contributed by atoms with Gasteiger partial charge in [-0.25, -0.2) is 5.09 Å². The van der Waals surface area contributed by atoms with E-state index in [4.69, 9.17) is 21.4 Å². The van der Waals surface area contributed by atoms with Crippen LogP contribution in [0.3, 0.4) is 0 Å². The second-order valence-electron chi connectivity index (χ2n) is 1.48. The van der Waals surface area contributed by atoms with Gasteiger partial charge in [-0.1, -0.05) is 0 Å². The van der Waals surface area contributed by atoms with Gasteiger partial charge in [0.2, 0.25) is 5.77 Å². The van der Waals surface area contributed by atoms with Gasteiger partial charge in [-0.3, -0.25) is 0 Å². The number of hydrogen-bond acceptors (Lipinski definition) is 2. The highest BCUT2D eigenvalue weighted by Gasteiger charge is 2.10. The molecule has 3 nitrogen and oxygen atoms in total. The molecule has 0 fully saturated rings. The van der Waals surface area contributed by atoms with Crippen molar-refractivity contribution in [1.29, 1.82) is 5.26 Å². The van der Waals surface area contributed by atoms with Crippen LogP contribution in [0.2, 0.25) is 0 Å². The molecule has 0 aliphatic carbocycles. The van der Waals surface area contributed by atoms with E-state index in [0.29, 0.717) is 0 Å². The van der Waals surface area contributed by atoms with E-state index >= 15 is 0 Å². The Hall–Kier alpha value is 0.350. The fourth-order valence-corrected chi connectivity index (χ4v) is 1.72. The first-order valence-electron chi connectivity index (χ1n) is 2.15. The summed E-state index contributed by atoms with van der Waals surface area (Å²) in [6.45, 7) is 1.57. The highest BCUT2D eigenvalue weighted by atomic mass is 35.7. The normalized spacial score (nSPS) is 19.8. The van der Waals surface area contributed by atoms with Crippen LogP contribution in [0.4, 0.5) is 0 Å². The number of nitrogens with zero attached hydrogens (tertiary/aromatic N) is 1. The fourth-order valence-electron chi connectivity index (χ4n) is 0.268. The van der Waals surface area contributed by atoms with Crippen LogP contribution < -0.4 is 5.09 Å². The lowest BCUT2D eigenvalue weighted by Gasteiger charge is -2.08. The van der Waals surface area contributed by atoms with Crippen molar-refractivity contribution in [2.45, 2.75) is 13.0 Å². The van der Waals surface area contributed by atoms with Gasteiger partial charge in [-0.05, 0) is 30.0 Å². The van der Waals surface area contributed by atoms with Crippen LogP contribution in [0.1, 0.15) is 6.92 Å². The number of hydrogen-bond donors (Lipinski definition) is 2. The Kier molecular flexibility index (Phi) is 3.64. The number of nitrogens with one attached hydrogen (secondary N) is 1. The Morgan fingerprint density at radius 3 is 2.56 bits per heavy atom. The first kappa shape index (κ1) is 9.35. The maximum atomic E-state index is 8.75. The minimum Gasteiger partial charge on any atom is -0.343 e. The molecule has 0 radical (unpaired) electrons. The second-order valence-corrected chi connectivity index (χ2v) is 6.40. The Balaban J connectivity index is 3.78. The van der Waals surface area contributed by atoms with E-state index in [1.165, 1.54) is 0 Å². The van der Waals surface area contributed by atoms with E-state index in [2.05, 4.69) is 16.9 Å². The molecule has 0 saturated heterocycles. The third-order valence-corrected chi connectivity index (χ3v) is 1.86. The highest BCUT2D eigenvalue weighted by Crippen LogP contribution is 2.41. The van der Waals surface area contributed by atoms with Crippen molar-refractivity contribution in [3.63, 3.8) is 0 Å². The summed E-state index contributed by atoms with van der Waals surface area (Å²) in [4.78, 5) is 8.75. The van der Waals surface area contributed by atoms with Gasteiger partial charge in [0.05, 0.1) is 12.1 Å². The van der Waals surface area contributed by atoms with Crippen molar-refractivity contribution in [1.82, 2.24) is 5.09 Å². The molecule has 2 atom stereocenters. The van der Waals surface area contributed by atoms with Gasteiger partial charge in [0.15, 0.2) is 0 Å². The molecule has 0 rings (SSSR count). The summed E-state index contributed by atoms with van der Waals surface area (Å²) in [5.74, 6) is -2.91. The smallest absolute Gasteiger partial charge is 0.217 e. The molecule has 0 aromatic carbocycles. The Morgan fingerprint density at radius 1 is 2.00 bits per heavy atom. The molecule has 2 N–H and O–H groups in total. The second kappa shape index (κ2) is 3.50. The van der Waals surface area contributed by atoms with Gasteiger partial charge in [-0.2, -0.15) is 5.26 Å². The molecule has 0 aliphatic heterocycles. The summed E-state index contributed by atoms with van der Waals surface area (Å²) in [6, 6.07) is 1.34. The average molecular weight is 185 g/mol. The molecule has 0 aromatic rings.